The molecule has 0 unspecified atom stereocenters. The predicted octanol–water partition coefficient (Wildman–Crippen LogP) is 2.73. The van der Waals surface area contributed by atoms with Crippen molar-refractivity contribution in [2.45, 2.75) is 39.2 Å². The molecule has 0 aromatic heterocycles. The molecule has 1 N–H and O–H groups in total. The summed E-state index contributed by atoms with van der Waals surface area (Å²) in [4.78, 5) is 14.5. The van der Waals surface area contributed by atoms with E-state index in [1.807, 2.05) is 18.2 Å². The molecule has 2 rings (SSSR count). The van der Waals surface area contributed by atoms with Crippen LogP contribution in [0.5, 0.6) is 0 Å². The summed E-state index contributed by atoms with van der Waals surface area (Å²) in [5, 5.41) is 3.02. The molecule has 106 valence electrons. The van der Waals surface area contributed by atoms with Gasteiger partial charge in [0.1, 0.15) is 0 Å². The first kappa shape index (κ1) is 14.6. The summed E-state index contributed by atoms with van der Waals surface area (Å²) in [6.45, 7) is 5.58. The Balaban J connectivity index is 2.06. The van der Waals surface area contributed by atoms with Crippen LogP contribution >= 0.6 is 0 Å². The summed E-state index contributed by atoms with van der Waals surface area (Å²) in [7, 11) is 0. The maximum atomic E-state index is 12.4. The number of terminal acetylenes is 1. The molecule has 0 aliphatic carbocycles. The molecule has 1 saturated heterocycles. The minimum Gasteiger partial charge on any atom is -0.325 e. The standard InChI is InChI=1S/C17H22N2O/c1-4-10-19-11-6-5-7-16(19)17(20)18-15-9-8-13(2)14(3)12-15/h1,8-9,12,16H,5-7,10-11H2,2-3H3,(H,18,20)/t16-/m0/s1. The Morgan fingerprint density at radius 3 is 2.90 bits per heavy atom. The van der Waals surface area contributed by atoms with Gasteiger partial charge >= 0.3 is 0 Å². The van der Waals surface area contributed by atoms with E-state index >= 15 is 0 Å². The molecular weight excluding hydrogens is 248 g/mol. The predicted molar refractivity (Wildman–Crippen MR) is 82.6 cm³/mol. The second kappa shape index (κ2) is 6.58. The van der Waals surface area contributed by atoms with Gasteiger partial charge in [0.25, 0.3) is 0 Å². The number of aryl methyl sites for hydroxylation is 2. The van der Waals surface area contributed by atoms with Crippen molar-refractivity contribution in [2.75, 3.05) is 18.4 Å². The number of likely N-dealkylation sites (tertiary alicyclic amines) is 1. The van der Waals surface area contributed by atoms with Crippen LogP contribution in [0, 0.1) is 26.2 Å². The molecule has 0 bridgehead atoms. The average Bonchev–Trinajstić information content (AvgIpc) is 2.44. The third kappa shape index (κ3) is 3.40. The highest BCUT2D eigenvalue weighted by Crippen LogP contribution is 2.19. The zero-order valence-electron chi connectivity index (χ0n) is 12.3. The van der Waals surface area contributed by atoms with Crippen LogP contribution in [0.4, 0.5) is 5.69 Å². The monoisotopic (exact) mass is 270 g/mol. The number of carbonyl (C=O) groups is 1. The summed E-state index contributed by atoms with van der Waals surface area (Å²) >= 11 is 0. The molecule has 1 aromatic carbocycles. The van der Waals surface area contributed by atoms with Crippen LogP contribution in [0.15, 0.2) is 18.2 Å². The van der Waals surface area contributed by atoms with Gasteiger partial charge in [0.05, 0.1) is 12.6 Å². The number of piperidine rings is 1. The summed E-state index contributed by atoms with van der Waals surface area (Å²) < 4.78 is 0. The Bertz CT molecular complexity index is 530. The molecule has 1 heterocycles. The van der Waals surface area contributed by atoms with Crippen LogP contribution < -0.4 is 5.32 Å². The molecule has 3 heteroatoms. The number of carbonyl (C=O) groups excluding carboxylic acids is 1. The summed E-state index contributed by atoms with van der Waals surface area (Å²) in [6, 6.07) is 5.91. The maximum absolute atomic E-state index is 12.4. The van der Waals surface area contributed by atoms with E-state index in [-0.39, 0.29) is 11.9 Å². The van der Waals surface area contributed by atoms with Crippen molar-refractivity contribution in [1.29, 1.82) is 0 Å². The largest absolute Gasteiger partial charge is 0.325 e. The van der Waals surface area contributed by atoms with Crippen molar-refractivity contribution < 1.29 is 4.79 Å². The molecule has 3 nitrogen and oxygen atoms in total. The smallest absolute Gasteiger partial charge is 0.241 e. The second-order valence-corrected chi connectivity index (χ2v) is 5.47. The molecule has 1 aliphatic heterocycles. The highest BCUT2D eigenvalue weighted by atomic mass is 16.2. The lowest BCUT2D eigenvalue weighted by atomic mass is 10.0. The number of hydrogen-bond donors (Lipinski definition) is 1. The Morgan fingerprint density at radius 1 is 1.40 bits per heavy atom. The number of nitrogens with one attached hydrogen (secondary N) is 1. The van der Waals surface area contributed by atoms with Crippen molar-refractivity contribution in [3.05, 3.63) is 29.3 Å². The van der Waals surface area contributed by atoms with Gasteiger partial charge in [-0.15, -0.1) is 6.42 Å². The first-order valence-corrected chi connectivity index (χ1v) is 7.17. The molecular formula is C17H22N2O. The van der Waals surface area contributed by atoms with Gasteiger partial charge in [-0.1, -0.05) is 18.4 Å². The molecule has 1 aliphatic rings. The molecule has 0 radical (unpaired) electrons. The quantitative estimate of drug-likeness (QED) is 0.857. The van der Waals surface area contributed by atoms with Gasteiger partial charge in [0, 0.05) is 5.69 Å². The SMILES string of the molecule is C#CCN1CCCC[C@H]1C(=O)Nc1ccc(C)c(C)c1. The Hall–Kier alpha value is -1.79. The van der Waals surface area contributed by atoms with Crippen molar-refractivity contribution in [3.63, 3.8) is 0 Å². The van der Waals surface area contributed by atoms with E-state index in [4.69, 9.17) is 6.42 Å². The lowest BCUT2D eigenvalue weighted by molar-refractivity contribution is -0.122. The van der Waals surface area contributed by atoms with Crippen LogP contribution in [0.3, 0.4) is 0 Å². The molecule has 0 spiro atoms. The maximum Gasteiger partial charge on any atom is 0.241 e. The average molecular weight is 270 g/mol. The summed E-state index contributed by atoms with van der Waals surface area (Å²) in [5.74, 6) is 2.71. The third-order valence-electron chi connectivity index (χ3n) is 3.99. The molecule has 1 fully saturated rings. The number of amides is 1. The number of rotatable bonds is 3. The highest BCUT2D eigenvalue weighted by molar-refractivity contribution is 5.95. The van der Waals surface area contributed by atoms with Crippen molar-refractivity contribution in [1.82, 2.24) is 4.90 Å². The fourth-order valence-corrected chi connectivity index (χ4v) is 2.64. The first-order valence-electron chi connectivity index (χ1n) is 7.17. The lowest BCUT2D eigenvalue weighted by Crippen LogP contribution is -2.47. The van der Waals surface area contributed by atoms with Gasteiger partial charge in [-0.2, -0.15) is 0 Å². The molecule has 1 amide bonds. The normalized spacial score (nSPS) is 19.4. The number of nitrogens with zero attached hydrogens (tertiary/aromatic N) is 1. The molecule has 1 aromatic rings. The van der Waals surface area contributed by atoms with E-state index in [2.05, 4.69) is 30.0 Å². The zero-order chi connectivity index (χ0) is 14.5. The Morgan fingerprint density at radius 2 is 2.20 bits per heavy atom. The minimum atomic E-state index is -0.0959. The van der Waals surface area contributed by atoms with Crippen LogP contribution in [0.25, 0.3) is 0 Å². The van der Waals surface area contributed by atoms with Crippen molar-refractivity contribution >= 4 is 11.6 Å². The van der Waals surface area contributed by atoms with E-state index < -0.39 is 0 Å². The topological polar surface area (TPSA) is 32.3 Å². The molecule has 1 atom stereocenters. The van der Waals surface area contributed by atoms with Gasteiger partial charge in [-0.05, 0) is 56.5 Å². The fourth-order valence-electron chi connectivity index (χ4n) is 2.64. The highest BCUT2D eigenvalue weighted by Gasteiger charge is 2.27. The van der Waals surface area contributed by atoms with Crippen LogP contribution in [0.1, 0.15) is 30.4 Å². The fraction of sp³-hybridized carbons (Fsp3) is 0.471. The zero-order valence-corrected chi connectivity index (χ0v) is 12.3. The van der Waals surface area contributed by atoms with Gasteiger partial charge in [0.2, 0.25) is 5.91 Å². The molecule has 0 saturated carbocycles. The van der Waals surface area contributed by atoms with Crippen LogP contribution in [0.2, 0.25) is 0 Å². The van der Waals surface area contributed by atoms with Gasteiger partial charge < -0.3 is 5.32 Å². The van der Waals surface area contributed by atoms with Crippen LogP contribution in [-0.4, -0.2) is 29.9 Å². The van der Waals surface area contributed by atoms with Gasteiger partial charge in [-0.25, -0.2) is 0 Å². The third-order valence-corrected chi connectivity index (χ3v) is 3.99. The number of anilines is 1. The number of benzene rings is 1. The van der Waals surface area contributed by atoms with Crippen LogP contribution in [-0.2, 0) is 4.79 Å². The summed E-state index contributed by atoms with van der Waals surface area (Å²) in [6.07, 6.45) is 8.48. The van der Waals surface area contributed by atoms with Gasteiger partial charge in [0.15, 0.2) is 0 Å². The summed E-state index contributed by atoms with van der Waals surface area (Å²) in [5.41, 5.74) is 3.28. The van der Waals surface area contributed by atoms with E-state index in [1.54, 1.807) is 0 Å². The van der Waals surface area contributed by atoms with E-state index in [0.29, 0.717) is 6.54 Å². The van der Waals surface area contributed by atoms with E-state index in [0.717, 1.165) is 31.5 Å². The number of hydrogen-bond acceptors (Lipinski definition) is 2. The van der Waals surface area contributed by atoms with Gasteiger partial charge in [-0.3, -0.25) is 9.69 Å². The van der Waals surface area contributed by atoms with E-state index in [9.17, 15) is 4.79 Å². The van der Waals surface area contributed by atoms with Crippen molar-refractivity contribution in [2.24, 2.45) is 0 Å². The Kier molecular flexibility index (Phi) is 4.81. The van der Waals surface area contributed by atoms with Crippen molar-refractivity contribution in [3.8, 4) is 12.3 Å². The lowest BCUT2D eigenvalue weighted by Gasteiger charge is -2.33. The Labute approximate surface area is 121 Å². The first-order chi connectivity index (χ1) is 9.61. The second-order valence-electron chi connectivity index (χ2n) is 5.47. The van der Waals surface area contributed by atoms with E-state index in [1.165, 1.54) is 11.1 Å². The molecule has 20 heavy (non-hydrogen) atoms. The minimum absolute atomic E-state index is 0.0585.